The second kappa shape index (κ2) is 9.22. The molecule has 3 rings (SSSR count). The van der Waals surface area contributed by atoms with Crippen molar-refractivity contribution in [2.75, 3.05) is 0 Å². The van der Waals surface area contributed by atoms with Crippen LogP contribution in [0.25, 0.3) is 0 Å². The highest BCUT2D eigenvalue weighted by Crippen LogP contribution is 2.22. The number of carbonyl (C=O) groups excluding carboxylic acids is 1. The fourth-order valence-electron chi connectivity index (χ4n) is 3.03. The Hall–Kier alpha value is -2.36. The second-order valence-corrected chi connectivity index (χ2v) is 7.95. The lowest BCUT2D eigenvalue weighted by Crippen LogP contribution is -2.30. The van der Waals surface area contributed by atoms with Crippen LogP contribution in [0.2, 0.25) is 10.0 Å². The van der Waals surface area contributed by atoms with Crippen molar-refractivity contribution in [3.05, 3.63) is 99.3 Å². The van der Waals surface area contributed by atoms with Gasteiger partial charge in [0.2, 0.25) is 0 Å². The van der Waals surface area contributed by atoms with Crippen molar-refractivity contribution in [2.45, 2.75) is 32.9 Å². The normalized spacial score (nSPS) is 10.9. The minimum absolute atomic E-state index is 0.0461. The predicted octanol–water partition coefficient (Wildman–Crippen LogP) is 6.35. The Morgan fingerprint density at radius 2 is 1.61 bits per heavy atom. The van der Waals surface area contributed by atoms with E-state index in [1.807, 2.05) is 48.5 Å². The first kappa shape index (κ1) is 20.4. The van der Waals surface area contributed by atoms with Crippen LogP contribution in [0.4, 0.5) is 0 Å². The molecule has 0 saturated heterocycles. The monoisotopic (exact) mass is 412 g/mol. The second-order valence-electron chi connectivity index (χ2n) is 7.08. The number of rotatable bonds is 6. The maximum Gasteiger partial charge on any atom is 0.254 e. The molecule has 0 unspecified atom stereocenters. The smallest absolute Gasteiger partial charge is 0.254 e. The first-order chi connectivity index (χ1) is 13.4. The Balaban J connectivity index is 1.89. The van der Waals surface area contributed by atoms with E-state index in [0.29, 0.717) is 34.6 Å². The summed E-state index contributed by atoms with van der Waals surface area (Å²) in [6.07, 6.45) is 3.49. The molecule has 0 spiro atoms. The third-order valence-corrected chi connectivity index (χ3v) is 4.94. The largest absolute Gasteiger partial charge is 0.330 e. The average Bonchev–Trinajstić information content (AvgIpc) is 2.67. The van der Waals surface area contributed by atoms with E-state index < -0.39 is 0 Å². The number of benzene rings is 2. The Kier molecular flexibility index (Phi) is 6.71. The number of amides is 1. The summed E-state index contributed by atoms with van der Waals surface area (Å²) in [6, 6.07) is 17.0. The van der Waals surface area contributed by atoms with Crippen LogP contribution in [0.3, 0.4) is 0 Å². The zero-order chi connectivity index (χ0) is 20.1. The molecule has 0 atom stereocenters. The van der Waals surface area contributed by atoms with Gasteiger partial charge in [0, 0.05) is 41.1 Å². The SMILES string of the molecule is CC(C)c1ccc(C(=O)N(Cc2cccnc2)Cc2cc(Cl)cc(Cl)c2)cc1. The standard InChI is InChI=1S/C23H22Cl2N2O/c1-16(2)19-5-7-20(8-6-19)23(28)27(14-17-4-3-9-26-13-17)15-18-10-21(24)12-22(25)11-18/h3-13,16H,14-15H2,1-2H3. The fraction of sp³-hybridized carbons (Fsp3) is 0.217. The molecule has 0 fully saturated rings. The van der Waals surface area contributed by atoms with Gasteiger partial charge in [-0.05, 0) is 59.0 Å². The summed E-state index contributed by atoms with van der Waals surface area (Å²) in [5.41, 5.74) is 3.70. The zero-order valence-corrected chi connectivity index (χ0v) is 17.4. The highest BCUT2D eigenvalue weighted by molar-refractivity contribution is 6.34. The van der Waals surface area contributed by atoms with Crippen LogP contribution in [0, 0.1) is 0 Å². The molecule has 0 bridgehead atoms. The number of carbonyl (C=O) groups is 1. The summed E-state index contributed by atoms with van der Waals surface area (Å²) in [6.45, 7) is 5.12. The van der Waals surface area contributed by atoms with E-state index in [4.69, 9.17) is 23.2 Å². The van der Waals surface area contributed by atoms with Gasteiger partial charge in [0.05, 0.1) is 0 Å². The molecule has 0 aliphatic heterocycles. The molecule has 2 aromatic carbocycles. The van der Waals surface area contributed by atoms with Gasteiger partial charge in [-0.25, -0.2) is 0 Å². The van der Waals surface area contributed by atoms with Crippen molar-refractivity contribution in [1.29, 1.82) is 0 Å². The van der Waals surface area contributed by atoms with E-state index in [9.17, 15) is 4.79 Å². The van der Waals surface area contributed by atoms with Crippen LogP contribution in [-0.4, -0.2) is 15.8 Å². The van der Waals surface area contributed by atoms with Gasteiger partial charge in [0.25, 0.3) is 5.91 Å². The summed E-state index contributed by atoms with van der Waals surface area (Å²) < 4.78 is 0. The highest BCUT2D eigenvalue weighted by atomic mass is 35.5. The Labute approximate surface area is 175 Å². The molecule has 0 saturated carbocycles. The minimum Gasteiger partial charge on any atom is -0.330 e. The molecular weight excluding hydrogens is 391 g/mol. The van der Waals surface area contributed by atoms with E-state index in [1.165, 1.54) is 5.56 Å². The lowest BCUT2D eigenvalue weighted by Gasteiger charge is -2.23. The van der Waals surface area contributed by atoms with Gasteiger partial charge in [-0.2, -0.15) is 0 Å². The van der Waals surface area contributed by atoms with Gasteiger partial charge in [0.15, 0.2) is 0 Å². The molecule has 5 heteroatoms. The third kappa shape index (κ3) is 5.34. The molecule has 1 heterocycles. The Bertz CT molecular complexity index is 920. The van der Waals surface area contributed by atoms with E-state index in [2.05, 4.69) is 18.8 Å². The number of aromatic nitrogens is 1. The Morgan fingerprint density at radius 3 is 2.18 bits per heavy atom. The predicted molar refractivity (Wildman–Crippen MR) is 115 cm³/mol. The summed E-state index contributed by atoms with van der Waals surface area (Å²) in [5, 5.41) is 1.11. The van der Waals surface area contributed by atoms with Gasteiger partial charge < -0.3 is 4.90 Å². The molecule has 1 amide bonds. The molecule has 0 radical (unpaired) electrons. The van der Waals surface area contributed by atoms with Crippen molar-refractivity contribution in [2.24, 2.45) is 0 Å². The molecule has 0 N–H and O–H groups in total. The zero-order valence-electron chi connectivity index (χ0n) is 15.9. The van der Waals surface area contributed by atoms with Crippen molar-refractivity contribution < 1.29 is 4.79 Å². The molecule has 144 valence electrons. The average molecular weight is 413 g/mol. The van der Waals surface area contributed by atoms with Crippen LogP contribution >= 0.6 is 23.2 Å². The van der Waals surface area contributed by atoms with Crippen LogP contribution < -0.4 is 0 Å². The van der Waals surface area contributed by atoms with Gasteiger partial charge in [-0.3, -0.25) is 9.78 Å². The van der Waals surface area contributed by atoms with Crippen molar-refractivity contribution >= 4 is 29.1 Å². The van der Waals surface area contributed by atoms with E-state index >= 15 is 0 Å². The molecule has 3 nitrogen and oxygen atoms in total. The number of hydrogen-bond donors (Lipinski definition) is 0. The molecule has 0 aliphatic rings. The maximum atomic E-state index is 13.2. The molecule has 28 heavy (non-hydrogen) atoms. The lowest BCUT2D eigenvalue weighted by molar-refractivity contribution is 0.0730. The molecule has 0 aliphatic carbocycles. The van der Waals surface area contributed by atoms with E-state index in [-0.39, 0.29) is 5.91 Å². The summed E-state index contributed by atoms with van der Waals surface area (Å²) >= 11 is 12.3. The Morgan fingerprint density at radius 1 is 0.964 bits per heavy atom. The molecule has 1 aromatic heterocycles. The number of pyridine rings is 1. The quantitative estimate of drug-likeness (QED) is 0.472. The summed E-state index contributed by atoms with van der Waals surface area (Å²) in [7, 11) is 0. The summed E-state index contributed by atoms with van der Waals surface area (Å²) in [5.74, 6) is 0.375. The first-order valence-electron chi connectivity index (χ1n) is 9.15. The molecule has 3 aromatic rings. The van der Waals surface area contributed by atoms with Crippen molar-refractivity contribution in [3.8, 4) is 0 Å². The van der Waals surface area contributed by atoms with Crippen LogP contribution in [0.15, 0.2) is 67.0 Å². The van der Waals surface area contributed by atoms with Gasteiger partial charge in [-0.15, -0.1) is 0 Å². The van der Waals surface area contributed by atoms with E-state index in [1.54, 1.807) is 23.4 Å². The third-order valence-electron chi connectivity index (χ3n) is 4.50. The van der Waals surface area contributed by atoms with Crippen LogP contribution in [0.1, 0.15) is 46.8 Å². The van der Waals surface area contributed by atoms with Gasteiger partial charge >= 0.3 is 0 Å². The minimum atomic E-state index is -0.0461. The summed E-state index contributed by atoms with van der Waals surface area (Å²) in [4.78, 5) is 19.2. The van der Waals surface area contributed by atoms with Crippen molar-refractivity contribution in [3.63, 3.8) is 0 Å². The fourth-order valence-corrected chi connectivity index (χ4v) is 3.60. The highest BCUT2D eigenvalue weighted by Gasteiger charge is 2.18. The molecular formula is C23H22Cl2N2O. The van der Waals surface area contributed by atoms with E-state index in [0.717, 1.165) is 11.1 Å². The number of nitrogens with zero attached hydrogens (tertiary/aromatic N) is 2. The van der Waals surface area contributed by atoms with Crippen LogP contribution in [0.5, 0.6) is 0 Å². The lowest BCUT2D eigenvalue weighted by atomic mass is 10.0. The maximum absolute atomic E-state index is 13.2. The van der Waals surface area contributed by atoms with Gasteiger partial charge in [-0.1, -0.05) is 55.2 Å². The topological polar surface area (TPSA) is 33.2 Å². The van der Waals surface area contributed by atoms with Crippen LogP contribution in [-0.2, 0) is 13.1 Å². The number of hydrogen-bond acceptors (Lipinski definition) is 2. The van der Waals surface area contributed by atoms with Gasteiger partial charge in [0.1, 0.15) is 0 Å². The van der Waals surface area contributed by atoms with Crippen molar-refractivity contribution in [1.82, 2.24) is 9.88 Å². The number of halogens is 2. The first-order valence-corrected chi connectivity index (χ1v) is 9.91.